The highest BCUT2D eigenvalue weighted by Gasteiger charge is 2.47. The molecule has 0 aromatic heterocycles. The summed E-state index contributed by atoms with van der Waals surface area (Å²) in [5.41, 5.74) is 1.55. The van der Waals surface area contributed by atoms with E-state index in [1.165, 1.54) is 30.2 Å². The summed E-state index contributed by atoms with van der Waals surface area (Å²) in [7, 11) is 0. The Kier molecular flexibility index (Phi) is 4.07. The van der Waals surface area contributed by atoms with Crippen molar-refractivity contribution in [3.63, 3.8) is 0 Å². The lowest BCUT2D eigenvalue weighted by atomic mass is 9.95. The van der Waals surface area contributed by atoms with Gasteiger partial charge in [0.15, 0.2) is 5.12 Å². The van der Waals surface area contributed by atoms with Crippen LogP contribution in [0.3, 0.4) is 0 Å². The van der Waals surface area contributed by atoms with Crippen LogP contribution in [0.25, 0.3) is 0 Å². The van der Waals surface area contributed by atoms with Crippen LogP contribution in [-0.4, -0.2) is 34.8 Å². The molecule has 1 atom stereocenters. The van der Waals surface area contributed by atoms with Crippen LogP contribution < -0.4 is 0 Å². The van der Waals surface area contributed by atoms with E-state index in [9.17, 15) is 9.59 Å². The molecule has 1 saturated heterocycles. The van der Waals surface area contributed by atoms with Gasteiger partial charge in [-0.2, -0.15) is 0 Å². The molecule has 4 heteroatoms. The average Bonchev–Trinajstić information content (AvgIpc) is 3.17. The fraction of sp³-hybridized carbons (Fsp3) is 0.529. The fourth-order valence-corrected chi connectivity index (χ4v) is 3.89. The van der Waals surface area contributed by atoms with Crippen LogP contribution in [0.1, 0.15) is 31.7 Å². The van der Waals surface area contributed by atoms with Crippen molar-refractivity contribution in [1.82, 2.24) is 4.90 Å². The summed E-state index contributed by atoms with van der Waals surface area (Å²) in [4.78, 5) is 25.3. The second kappa shape index (κ2) is 5.84. The first-order valence-corrected chi connectivity index (χ1v) is 8.54. The Morgan fingerprint density at radius 1 is 1.33 bits per heavy atom. The van der Waals surface area contributed by atoms with E-state index in [4.69, 9.17) is 0 Å². The van der Waals surface area contributed by atoms with Crippen molar-refractivity contribution in [2.45, 2.75) is 31.6 Å². The van der Waals surface area contributed by atoms with Gasteiger partial charge in [0.1, 0.15) is 0 Å². The normalized spacial score (nSPS) is 23.4. The minimum atomic E-state index is 0.142. The molecule has 0 bridgehead atoms. The molecule has 1 amide bonds. The molecule has 0 N–H and O–H groups in total. The molecule has 1 heterocycles. The predicted molar refractivity (Wildman–Crippen MR) is 85.2 cm³/mol. The first kappa shape index (κ1) is 14.6. The van der Waals surface area contributed by atoms with Gasteiger partial charge >= 0.3 is 0 Å². The summed E-state index contributed by atoms with van der Waals surface area (Å²) >= 11 is 1.34. The molecule has 0 radical (unpaired) electrons. The maximum atomic E-state index is 12.2. The number of carbonyl (C=O) groups excluding carboxylic acids is 2. The fourth-order valence-electron chi connectivity index (χ4n) is 3.20. The Morgan fingerprint density at radius 2 is 2.05 bits per heavy atom. The zero-order chi connectivity index (χ0) is 14.9. The van der Waals surface area contributed by atoms with Crippen molar-refractivity contribution in [3.8, 4) is 0 Å². The molecule has 3 nitrogen and oxygen atoms in total. The Morgan fingerprint density at radius 3 is 2.67 bits per heavy atom. The van der Waals surface area contributed by atoms with E-state index >= 15 is 0 Å². The molecule has 2 fully saturated rings. The van der Waals surface area contributed by atoms with Crippen molar-refractivity contribution in [2.75, 3.05) is 18.8 Å². The molecular weight excluding hydrogens is 282 g/mol. The number of nitrogens with zero attached hydrogens (tertiary/aromatic N) is 1. The zero-order valence-electron chi connectivity index (χ0n) is 12.4. The molecule has 1 aromatic rings. The first-order valence-electron chi connectivity index (χ1n) is 7.56. The quantitative estimate of drug-likeness (QED) is 0.839. The van der Waals surface area contributed by atoms with Crippen molar-refractivity contribution in [1.29, 1.82) is 0 Å². The highest BCUT2D eigenvalue weighted by atomic mass is 32.2. The molecule has 1 aromatic carbocycles. The highest BCUT2D eigenvalue weighted by Crippen LogP contribution is 2.49. The number of hydrogen-bond donors (Lipinski definition) is 0. The summed E-state index contributed by atoms with van der Waals surface area (Å²) in [6.45, 7) is 3.25. The predicted octanol–water partition coefficient (Wildman–Crippen LogP) is 2.85. The topological polar surface area (TPSA) is 37.4 Å². The van der Waals surface area contributed by atoms with Gasteiger partial charge in [0.25, 0.3) is 0 Å². The molecule has 21 heavy (non-hydrogen) atoms. The van der Waals surface area contributed by atoms with Crippen LogP contribution in [0.4, 0.5) is 0 Å². The molecular formula is C17H21NO2S. The number of amides is 1. The maximum Gasteiger partial charge on any atom is 0.222 e. The summed E-state index contributed by atoms with van der Waals surface area (Å²) in [5, 5.41) is 0.142. The van der Waals surface area contributed by atoms with Gasteiger partial charge in [-0.25, -0.2) is 0 Å². The molecule has 1 saturated carbocycles. The van der Waals surface area contributed by atoms with Gasteiger partial charge in [-0.3, -0.25) is 9.59 Å². The number of rotatable bonds is 5. The van der Waals surface area contributed by atoms with Gasteiger partial charge in [-0.05, 0) is 24.3 Å². The summed E-state index contributed by atoms with van der Waals surface area (Å²) < 4.78 is 0. The van der Waals surface area contributed by atoms with Gasteiger partial charge in [0.05, 0.1) is 0 Å². The van der Waals surface area contributed by atoms with Gasteiger partial charge in [0, 0.05) is 37.6 Å². The van der Waals surface area contributed by atoms with E-state index in [1.807, 2.05) is 11.0 Å². The van der Waals surface area contributed by atoms with Gasteiger partial charge in [0.2, 0.25) is 5.91 Å². The minimum absolute atomic E-state index is 0.142. The standard InChI is InChI=1S/C17H21NO2S/c1-13(19)21-11-14-9-16(20)18(10-14)12-17(7-8-17)15-5-3-2-4-6-15/h2-6,14H,7-12H2,1H3. The number of hydrogen-bond acceptors (Lipinski definition) is 3. The number of benzene rings is 1. The van der Waals surface area contributed by atoms with Gasteiger partial charge < -0.3 is 4.90 Å². The van der Waals surface area contributed by atoms with Crippen molar-refractivity contribution < 1.29 is 9.59 Å². The van der Waals surface area contributed by atoms with E-state index in [0.717, 1.165) is 18.8 Å². The molecule has 3 rings (SSSR count). The van der Waals surface area contributed by atoms with E-state index < -0.39 is 0 Å². The van der Waals surface area contributed by atoms with Crippen molar-refractivity contribution in [2.24, 2.45) is 5.92 Å². The highest BCUT2D eigenvalue weighted by molar-refractivity contribution is 8.13. The maximum absolute atomic E-state index is 12.2. The Hall–Kier alpha value is -1.29. The Balaban J connectivity index is 1.61. The summed E-state index contributed by atoms with van der Waals surface area (Å²) in [6.07, 6.45) is 2.95. The van der Waals surface area contributed by atoms with Crippen LogP contribution in [0.2, 0.25) is 0 Å². The van der Waals surface area contributed by atoms with Crippen LogP contribution in [0.15, 0.2) is 30.3 Å². The lowest BCUT2D eigenvalue weighted by Gasteiger charge is -2.24. The largest absolute Gasteiger partial charge is 0.341 e. The lowest BCUT2D eigenvalue weighted by molar-refractivity contribution is -0.128. The molecule has 1 aliphatic carbocycles. The lowest BCUT2D eigenvalue weighted by Crippen LogP contribution is -2.34. The number of likely N-dealkylation sites (tertiary alicyclic amines) is 1. The first-order chi connectivity index (χ1) is 10.1. The van der Waals surface area contributed by atoms with Crippen molar-refractivity contribution >= 4 is 22.8 Å². The Labute approximate surface area is 130 Å². The van der Waals surface area contributed by atoms with Crippen LogP contribution in [0.5, 0.6) is 0 Å². The monoisotopic (exact) mass is 303 g/mol. The molecule has 1 unspecified atom stereocenters. The number of thioether (sulfide) groups is 1. The van der Waals surface area contributed by atoms with Crippen LogP contribution in [0, 0.1) is 5.92 Å². The molecule has 0 spiro atoms. The van der Waals surface area contributed by atoms with Crippen LogP contribution >= 0.6 is 11.8 Å². The molecule has 1 aliphatic heterocycles. The van der Waals surface area contributed by atoms with Gasteiger partial charge in [-0.15, -0.1) is 0 Å². The smallest absolute Gasteiger partial charge is 0.222 e. The van der Waals surface area contributed by atoms with Crippen molar-refractivity contribution in [3.05, 3.63) is 35.9 Å². The molecule has 2 aliphatic rings. The van der Waals surface area contributed by atoms with E-state index in [0.29, 0.717) is 12.3 Å². The number of carbonyl (C=O) groups is 2. The van der Waals surface area contributed by atoms with E-state index in [1.54, 1.807) is 6.92 Å². The van der Waals surface area contributed by atoms with E-state index in [2.05, 4.69) is 24.3 Å². The average molecular weight is 303 g/mol. The molecule has 112 valence electrons. The third-order valence-electron chi connectivity index (χ3n) is 4.55. The summed E-state index contributed by atoms with van der Waals surface area (Å²) in [6, 6.07) is 10.5. The SMILES string of the molecule is CC(=O)SCC1CC(=O)N(CC2(c3ccccc3)CC2)C1. The summed E-state index contributed by atoms with van der Waals surface area (Å²) in [5.74, 6) is 1.36. The third kappa shape index (κ3) is 3.31. The Bertz CT molecular complexity index is 539. The third-order valence-corrected chi connectivity index (χ3v) is 5.59. The minimum Gasteiger partial charge on any atom is -0.341 e. The van der Waals surface area contributed by atoms with Crippen LogP contribution in [-0.2, 0) is 15.0 Å². The van der Waals surface area contributed by atoms with Gasteiger partial charge in [-0.1, -0.05) is 42.1 Å². The second-order valence-corrected chi connectivity index (χ2v) is 7.49. The van der Waals surface area contributed by atoms with E-state index in [-0.39, 0.29) is 16.4 Å². The zero-order valence-corrected chi connectivity index (χ0v) is 13.2. The second-order valence-electron chi connectivity index (χ2n) is 6.29.